The van der Waals surface area contributed by atoms with Gasteiger partial charge in [-0.2, -0.15) is 0 Å². The van der Waals surface area contributed by atoms with E-state index >= 15 is 0 Å². The zero-order valence-electron chi connectivity index (χ0n) is 11.7. The monoisotopic (exact) mass is 338 g/mol. The van der Waals surface area contributed by atoms with Crippen LogP contribution in [0.3, 0.4) is 0 Å². The van der Waals surface area contributed by atoms with Crippen LogP contribution in [0.5, 0.6) is 0 Å². The normalized spacial score (nSPS) is 12.3. The van der Waals surface area contributed by atoms with Crippen molar-refractivity contribution in [3.8, 4) is 0 Å². The first-order valence-corrected chi connectivity index (χ1v) is 7.88. The highest BCUT2D eigenvalue weighted by atomic mass is 79.9. The van der Waals surface area contributed by atoms with Gasteiger partial charge in [0.1, 0.15) is 0 Å². The van der Waals surface area contributed by atoms with Crippen molar-refractivity contribution in [2.24, 2.45) is 0 Å². The molecule has 0 saturated heterocycles. The Bertz CT molecular complexity index is 563. The summed E-state index contributed by atoms with van der Waals surface area (Å²) in [4.78, 5) is 3.46. The highest BCUT2D eigenvalue weighted by Gasteiger charge is 2.09. The van der Waals surface area contributed by atoms with Gasteiger partial charge in [-0.05, 0) is 65.7 Å². The molecule has 1 aromatic heterocycles. The van der Waals surface area contributed by atoms with Crippen molar-refractivity contribution in [2.45, 2.75) is 19.9 Å². The second kappa shape index (κ2) is 5.97. The van der Waals surface area contributed by atoms with Crippen molar-refractivity contribution in [3.05, 3.63) is 44.6 Å². The van der Waals surface area contributed by atoms with E-state index < -0.39 is 0 Å². The number of halogens is 1. The van der Waals surface area contributed by atoms with Crippen LogP contribution in [-0.2, 0) is 0 Å². The van der Waals surface area contributed by atoms with Crippen LogP contribution < -0.4 is 10.2 Å². The highest BCUT2D eigenvalue weighted by molar-refractivity contribution is 9.11. The first-order valence-electron chi connectivity index (χ1n) is 6.27. The van der Waals surface area contributed by atoms with Gasteiger partial charge in [-0.1, -0.05) is 0 Å². The topological polar surface area (TPSA) is 15.3 Å². The quantitative estimate of drug-likeness (QED) is 0.838. The van der Waals surface area contributed by atoms with Crippen LogP contribution in [0.15, 0.2) is 34.1 Å². The smallest absolute Gasteiger partial charge is 0.0702 e. The van der Waals surface area contributed by atoms with Crippen LogP contribution in [0, 0.1) is 6.92 Å². The minimum Gasteiger partial charge on any atom is -0.378 e. The van der Waals surface area contributed by atoms with Gasteiger partial charge in [-0.3, -0.25) is 0 Å². The average molecular weight is 339 g/mol. The predicted molar refractivity (Wildman–Crippen MR) is 89.6 cm³/mol. The van der Waals surface area contributed by atoms with E-state index in [-0.39, 0.29) is 0 Å². The molecule has 2 nitrogen and oxygen atoms in total. The number of benzene rings is 1. The first kappa shape index (κ1) is 14.4. The third-order valence-electron chi connectivity index (χ3n) is 3.12. The van der Waals surface area contributed by atoms with Crippen molar-refractivity contribution >= 4 is 38.6 Å². The second-order valence-corrected chi connectivity index (χ2v) is 7.40. The molecule has 0 aliphatic rings. The molecule has 1 atom stereocenters. The third kappa shape index (κ3) is 3.51. The maximum atomic E-state index is 3.58. The molecule has 0 bridgehead atoms. The van der Waals surface area contributed by atoms with Gasteiger partial charge in [0, 0.05) is 30.3 Å². The van der Waals surface area contributed by atoms with E-state index in [1.165, 1.54) is 25.6 Å². The lowest BCUT2D eigenvalue weighted by Gasteiger charge is -2.19. The molecular weight excluding hydrogens is 320 g/mol. The molecule has 0 aliphatic heterocycles. The molecule has 102 valence electrons. The van der Waals surface area contributed by atoms with Gasteiger partial charge in [0.05, 0.1) is 9.83 Å². The fourth-order valence-corrected chi connectivity index (χ4v) is 3.38. The molecule has 2 aromatic rings. The summed E-state index contributed by atoms with van der Waals surface area (Å²) >= 11 is 5.29. The van der Waals surface area contributed by atoms with Gasteiger partial charge in [0.2, 0.25) is 0 Å². The molecule has 4 heteroatoms. The van der Waals surface area contributed by atoms with E-state index in [2.05, 4.69) is 84.4 Å². The zero-order valence-corrected chi connectivity index (χ0v) is 14.1. The molecule has 1 aromatic carbocycles. The Labute approximate surface area is 127 Å². The van der Waals surface area contributed by atoms with Crippen LogP contribution in [-0.4, -0.2) is 14.1 Å². The highest BCUT2D eigenvalue weighted by Crippen LogP contribution is 2.30. The standard InChI is InChI=1S/C15H19BrN2S/c1-10-9-12(18(3)4)5-6-13(10)17-11(2)14-7-8-15(16)19-14/h5-9,11,17H,1-4H3. The van der Waals surface area contributed by atoms with Crippen LogP contribution in [0.2, 0.25) is 0 Å². The SMILES string of the molecule is Cc1cc(N(C)C)ccc1NC(C)c1ccc(Br)s1. The molecule has 2 rings (SSSR count). The van der Waals surface area contributed by atoms with Gasteiger partial charge in [-0.25, -0.2) is 0 Å². The first-order chi connectivity index (χ1) is 8.97. The third-order valence-corrected chi connectivity index (χ3v) is 4.93. The minimum absolute atomic E-state index is 0.320. The number of nitrogens with one attached hydrogen (secondary N) is 1. The molecule has 0 aliphatic carbocycles. The molecule has 0 amide bonds. The van der Waals surface area contributed by atoms with Crippen LogP contribution in [0.25, 0.3) is 0 Å². The Morgan fingerprint density at radius 1 is 1.21 bits per heavy atom. The molecule has 1 heterocycles. The van der Waals surface area contributed by atoms with Crippen LogP contribution >= 0.6 is 27.3 Å². The van der Waals surface area contributed by atoms with Gasteiger partial charge >= 0.3 is 0 Å². The number of hydrogen-bond acceptors (Lipinski definition) is 3. The van der Waals surface area contributed by atoms with Crippen LogP contribution in [0.1, 0.15) is 23.4 Å². The lowest BCUT2D eigenvalue weighted by atomic mass is 10.1. The van der Waals surface area contributed by atoms with Crippen molar-refractivity contribution in [3.63, 3.8) is 0 Å². The Kier molecular flexibility index (Phi) is 4.53. The fourth-order valence-electron chi connectivity index (χ4n) is 1.95. The van der Waals surface area contributed by atoms with Crippen molar-refractivity contribution in [1.82, 2.24) is 0 Å². The Balaban J connectivity index is 2.15. The van der Waals surface area contributed by atoms with Gasteiger partial charge in [0.25, 0.3) is 0 Å². The van der Waals surface area contributed by atoms with Crippen LogP contribution in [0.4, 0.5) is 11.4 Å². The lowest BCUT2D eigenvalue weighted by Crippen LogP contribution is -2.10. The van der Waals surface area contributed by atoms with Crippen molar-refractivity contribution < 1.29 is 0 Å². The minimum atomic E-state index is 0.320. The molecule has 0 fully saturated rings. The van der Waals surface area contributed by atoms with E-state index in [4.69, 9.17) is 0 Å². The summed E-state index contributed by atoms with van der Waals surface area (Å²) in [7, 11) is 4.13. The maximum absolute atomic E-state index is 3.58. The molecule has 0 spiro atoms. The molecule has 1 unspecified atom stereocenters. The Morgan fingerprint density at radius 3 is 2.47 bits per heavy atom. The summed E-state index contributed by atoms with van der Waals surface area (Å²) in [5.74, 6) is 0. The summed E-state index contributed by atoms with van der Waals surface area (Å²) in [5, 5.41) is 3.58. The molecule has 19 heavy (non-hydrogen) atoms. The average Bonchev–Trinajstić information content (AvgIpc) is 2.78. The van der Waals surface area contributed by atoms with E-state index in [0.29, 0.717) is 6.04 Å². The van der Waals surface area contributed by atoms with Crippen molar-refractivity contribution in [2.75, 3.05) is 24.3 Å². The summed E-state index contributed by atoms with van der Waals surface area (Å²) in [6.07, 6.45) is 0. The van der Waals surface area contributed by atoms with Gasteiger partial charge < -0.3 is 10.2 Å². The number of nitrogens with zero attached hydrogens (tertiary/aromatic N) is 1. The number of hydrogen-bond donors (Lipinski definition) is 1. The van der Waals surface area contributed by atoms with E-state index in [1.807, 2.05) is 0 Å². The summed E-state index contributed by atoms with van der Waals surface area (Å²) in [6.45, 7) is 4.34. The second-order valence-electron chi connectivity index (χ2n) is 4.90. The number of aryl methyl sites for hydroxylation is 1. The zero-order chi connectivity index (χ0) is 14.0. The number of thiophene rings is 1. The molecular formula is C15H19BrN2S. The number of rotatable bonds is 4. The van der Waals surface area contributed by atoms with E-state index in [9.17, 15) is 0 Å². The molecule has 1 N–H and O–H groups in total. The predicted octanol–water partition coefficient (Wildman–Crippen LogP) is 5.06. The van der Waals surface area contributed by atoms with Crippen molar-refractivity contribution in [1.29, 1.82) is 0 Å². The summed E-state index contributed by atoms with van der Waals surface area (Å²) < 4.78 is 1.18. The fraction of sp³-hybridized carbons (Fsp3) is 0.333. The Hall–Kier alpha value is -1.000. The summed E-state index contributed by atoms with van der Waals surface area (Å²) in [6, 6.07) is 11.1. The van der Waals surface area contributed by atoms with Gasteiger partial charge in [-0.15, -0.1) is 11.3 Å². The molecule has 0 saturated carbocycles. The number of anilines is 2. The maximum Gasteiger partial charge on any atom is 0.0702 e. The van der Waals surface area contributed by atoms with E-state index in [1.54, 1.807) is 11.3 Å². The Morgan fingerprint density at radius 2 is 1.95 bits per heavy atom. The van der Waals surface area contributed by atoms with E-state index in [0.717, 1.165) is 0 Å². The summed E-state index contributed by atoms with van der Waals surface area (Å²) in [5.41, 5.74) is 3.70. The lowest BCUT2D eigenvalue weighted by molar-refractivity contribution is 0.905. The largest absolute Gasteiger partial charge is 0.378 e. The molecule has 0 radical (unpaired) electrons. The van der Waals surface area contributed by atoms with Gasteiger partial charge in [0.15, 0.2) is 0 Å².